The molecule has 0 radical (unpaired) electrons. The van der Waals surface area contributed by atoms with Crippen LogP contribution in [0.25, 0.3) is 10.9 Å². The normalized spacial score (nSPS) is 16.0. The van der Waals surface area contributed by atoms with Crippen molar-refractivity contribution in [3.8, 4) is 0 Å². The van der Waals surface area contributed by atoms with Gasteiger partial charge in [-0.1, -0.05) is 6.07 Å². The fourth-order valence-electron chi connectivity index (χ4n) is 3.32. The van der Waals surface area contributed by atoms with Gasteiger partial charge in [0.15, 0.2) is 0 Å². The summed E-state index contributed by atoms with van der Waals surface area (Å²) in [6, 6.07) is 12.0. The molecule has 0 bridgehead atoms. The number of rotatable bonds is 4. The number of carbonyl (C=O) groups is 2. The third-order valence-corrected chi connectivity index (χ3v) is 4.81. The Balaban J connectivity index is 1.63. The topological polar surface area (TPSA) is 101 Å². The van der Waals surface area contributed by atoms with Crippen LogP contribution in [-0.2, 0) is 9.59 Å². The zero-order valence-electron chi connectivity index (χ0n) is 15.6. The van der Waals surface area contributed by atoms with Gasteiger partial charge >= 0.3 is 0 Å². The summed E-state index contributed by atoms with van der Waals surface area (Å²) in [5, 5.41) is 9.29. The average molecular weight is 391 g/mol. The van der Waals surface area contributed by atoms with E-state index in [2.05, 4.69) is 15.4 Å². The van der Waals surface area contributed by atoms with Crippen LogP contribution in [-0.4, -0.2) is 28.6 Å². The molecule has 3 aromatic rings. The fraction of sp³-hybridized carbons (Fsp3) is 0.143. The predicted molar refractivity (Wildman–Crippen MR) is 109 cm³/mol. The summed E-state index contributed by atoms with van der Waals surface area (Å²) < 4.78 is 13.2. The third-order valence-electron chi connectivity index (χ3n) is 4.81. The number of hydrazone groups is 1. The Bertz CT molecular complexity index is 1140. The SMILES string of the molecule is Cc1ccc(NC(=O)C2=NN(c3ccc(F)cc3)C(C(N)=O)C2)c2cccnc12. The molecule has 1 atom stereocenters. The van der Waals surface area contributed by atoms with Crippen LogP contribution in [0.2, 0.25) is 0 Å². The Hall–Kier alpha value is -3.81. The van der Waals surface area contributed by atoms with Gasteiger partial charge in [0.1, 0.15) is 17.6 Å². The van der Waals surface area contributed by atoms with E-state index in [1.807, 2.05) is 19.1 Å². The van der Waals surface area contributed by atoms with Crippen LogP contribution in [0.1, 0.15) is 12.0 Å². The monoisotopic (exact) mass is 391 g/mol. The Morgan fingerprint density at radius 2 is 1.93 bits per heavy atom. The summed E-state index contributed by atoms with van der Waals surface area (Å²) in [5.41, 5.74) is 8.52. The van der Waals surface area contributed by atoms with Gasteiger partial charge in [-0.3, -0.25) is 19.6 Å². The first kappa shape index (κ1) is 18.5. The predicted octanol–water partition coefficient (Wildman–Crippen LogP) is 2.74. The van der Waals surface area contributed by atoms with Crippen LogP contribution in [0.4, 0.5) is 15.8 Å². The highest BCUT2D eigenvalue weighted by atomic mass is 19.1. The van der Waals surface area contributed by atoms with Crippen molar-refractivity contribution in [1.82, 2.24) is 4.98 Å². The zero-order chi connectivity index (χ0) is 20.5. The first-order chi connectivity index (χ1) is 13.9. The van der Waals surface area contributed by atoms with Gasteiger partial charge in [0.25, 0.3) is 5.91 Å². The van der Waals surface area contributed by atoms with Crippen molar-refractivity contribution >= 4 is 39.8 Å². The number of halogens is 1. The lowest BCUT2D eigenvalue weighted by atomic mass is 10.1. The number of benzene rings is 2. The van der Waals surface area contributed by atoms with Crippen molar-refractivity contribution in [2.45, 2.75) is 19.4 Å². The van der Waals surface area contributed by atoms with Crippen molar-refractivity contribution in [1.29, 1.82) is 0 Å². The summed E-state index contributed by atoms with van der Waals surface area (Å²) >= 11 is 0. The summed E-state index contributed by atoms with van der Waals surface area (Å²) in [7, 11) is 0. The maximum atomic E-state index is 13.2. The highest BCUT2D eigenvalue weighted by Gasteiger charge is 2.35. The quantitative estimate of drug-likeness (QED) is 0.714. The van der Waals surface area contributed by atoms with Crippen molar-refractivity contribution in [3.05, 3.63) is 66.1 Å². The molecule has 29 heavy (non-hydrogen) atoms. The van der Waals surface area contributed by atoms with Gasteiger partial charge < -0.3 is 11.1 Å². The smallest absolute Gasteiger partial charge is 0.271 e. The maximum Gasteiger partial charge on any atom is 0.271 e. The van der Waals surface area contributed by atoms with Crippen molar-refractivity contribution in [3.63, 3.8) is 0 Å². The lowest BCUT2D eigenvalue weighted by molar-refractivity contribution is -0.119. The summed E-state index contributed by atoms with van der Waals surface area (Å²) in [4.78, 5) is 29.1. The minimum atomic E-state index is -0.822. The molecule has 0 aliphatic carbocycles. The molecule has 2 heterocycles. The Labute approximate surface area is 166 Å². The molecule has 0 saturated heterocycles. The molecular weight excluding hydrogens is 373 g/mol. The number of primary amides is 1. The molecule has 2 aromatic carbocycles. The molecule has 3 N–H and O–H groups in total. The minimum absolute atomic E-state index is 0.0561. The number of carbonyl (C=O) groups excluding carboxylic acids is 2. The van der Waals surface area contributed by atoms with Gasteiger partial charge in [-0.05, 0) is 55.0 Å². The number of aryl methyl sites for hydroxylation is 1. The van der Waals surface area contributed by atoms with E-state index < -0.39 is 23.7 Å². The van der Waals surface area contributed by atoms with Crippen molar-refractivity contribution in [2.75, 3.05) is 10.3 Å². The second-order valence-electron chi connectivity index (χ2n) is 6.77. The first-order valence-corrected chi connectivity index (χ1v) is 9.01. The highest BCUT2D eigenvalue weighted by molar-refractivity contribution is 6.44. The number of nitrogens with two attached hydrogens (primary N) is 1. The fourth-order valence-corrected chi connectivity index (χ4v) is 3.32. The number of pyridine rings is 1. The summed E-state index contributed by atoms with van der Waals surface area (Å²) in [6.45, 7) is 1.94. The molecule has 1 aliphatic rings. The van der Waals surface area contributed by atoms with E-state index in [0.717, 1.165) is 16.5 Å². The largest absolute Gasteiger partial charge is 0.368 e. The van der Waals surface area contributed by atoms with Gasteiger partial charge in [-0.2, -0.15) is 5.10 Å². The summed E-state index contributed by atoms with van der Waals surface area (Å²) in [6.07, 6.45) is 1.75. The first-order valence-electron chi connectivity index (χ1n) is 9.01. The van der Waals surface area contributed by atoms with E-state index >= 15 is 0 Å². The van der Waals surface area contributed by atoms with Gasteiger partial charge in [-0.15, -0.1) is 0 Å². The molecule has 0 saturated carbocycles. The molecule has 1 aromatic heterocycles. The van der Waals surface area contributed by atoms with Crippen LogP contribution in [0, 0.1) is 12.7 Å². The van der Waals surface area contributed by atoms with Gasteiger partial charge in [0.05, 0.1) is 16.9 Å². The van der Waals surface area contributed by atoms with E-state index in [0.29, 0.717) is 11.4 Å². The van der Waals surface area contributed by atoms with Gasteiger partial charge in [-0.25, -0.2) is 4.39 Å². The third kappa shape index (κ3) is 3.52. The number of hydrogen-bond acceptors (Lipinski definition) is 5. The van der Waals surface area contributed by atoms with E-state index in [1.165, 1.54) is 29.3 Å². The van der Waals surface area contributed by atoms with Gasteiger partial charge in [0.2, 0.25) is 5.91 Å². The molecular formula is C21H18FN5O2. The molecule has 2 amide bonds. The molecule has 0 spiro atoms. The molecule has 0 fully saturated rings. The van der Waals surface area contributed by atoms with E-state index in [1.54, 1.807) is 18.3 Å². The van der Waals surface area contributed by atoms with Gasteiger partial charge in [0, 0.05) is 18.0 Å². The number of aromatic nitrogens is 1. The number of anilines is 2. The minimum Gasteiger partial charge on any atom is -0.368 e. The van der Waals surface area contributed by atoms with Crippen LogP contribution in [0.15, 0.2) is 59.8 Å². The molecule has 4 rings (SSSR count). The molecule has 7 nitrogen and oxygen atoms in total. The Morgan fingerprint density at radius 3 is 2.66 bits per heavy atom. The van der Waals surface area contributed by atoms with Crippen LogP contribution >= 0.6 is 0 Å². The molecule has 1 unspecified atom stereocenters. The number of nitrogens with zero attached hydrogens (tertiary/aromatic N) is 3. The lowest BCUT2D eigenvalue weighted by Gasteiger charge is -2.20. The number of amides is 2. The zero-order valence-corrected chi connectivity index (χ0v) is 15.6. The molecule has 1 aliphatic heterocycles. The van der Waals surface area contributed by atoms with E-state index in [-0.39, 0.29) is 12.1 Å². The van der Waals surface area contributed by atoms with Crippen LogP contribution in [0.5, 0.6) is 0 Å². The van der Waals surface area contributed by atoms with E-state index in [9.17, 15) is 14.0 Å². The second kappa shape index (κ2) is 7.31. The Kier molecular flexibility index (Phi) is 4.67. The standard InChI is InChI=1S/C21H18FN5O2/c1-12-4-9-16(15-3-2-10-24-19(12)15)25-21(29)17-11-18(20(23)28)27(26-17)14-7-5-13(22)6-8-14/h2-10,18H,11H2,1H3,(H2,23,28)(H,25,29). The van der Waals surface area contributed by atoms with E-state index in [4.69, 9.17) is 5.73 Å². The number of fused-ring (bicyclic) bond motifs is 1. The second-order valence-corrected chi connectivity index (χ2v) is 6.77. The Morgan fingerprint density at radius 1 is 1.17 bits per heavy atom. The average Bonchev–Trinajstić information content (AvgIpc) is 3.17. The maximum absolute atomic E-state index is 13.2. The number of hydrogen-bond donors (Lipinski definition) is 2. The summed E-state index contributed by atoms with van der Waals surface area (Å²) in [5.74, 6) is -1.47. The van der Waals surface area contributed by atoms with Crippen LogP contribution in [0.3, 0.4) is 0 Å². The van der Waals surface area contributed by atoms with Crippen molar-refractivity contribution < 1.29 is 14.0 Å². The van der Waals surface area contributed by atoms with Crippen molar-refractivity contribution in [2.24, 2.45) is 10.8 Å². The molecule has 146 valence electrons. The van der Waals surface area contributed by atoms with Crippen LogP contribution < -0.4 is 16.1 Å². The number of nitrogens with one attached hydrogen (secondary N) is 1. The lowest BCUT2D eigenvalue weighted by Crippen LogP contribution is -2.39. The highest BCUT2D eigenvalue weighted by Crippen LogP contribution is 2.27. The molecule has 8 heteroatoms.